The number of carbonyl (C=O) groups excluding carboxylic acids is 4. The van der Waals surface area contributed by atoms with Gasteiger partial charge in [0.2, 0.25) is 11.8 Å². The topological polar surface area (TPSA) is 99.2 Å². The molecule has 2 bridgehead atoms. The van der Waals surface area contributed by atoms with E-state index in [0.29, 0.717) is 16.3 Å². The molecule has 29 heavy (non-hydrogen) atoms. The summed E-state index contributed by atoms with van der Waals surface area (Å²) in [5.41, 5.74) is -0.489. The van der Waals surface area contributed by atoms with Crippen molar-refractivity contribution < 1.29 is 33.4 Å². The summed E-state index contributed by atoms with van der Waals surface area (Å²) in [5.74, 6) is -4.22. The van der Waals surface area contributed by atoms with Gasteiger partial charge in [-0.2, -0.15) is 0 Å². The first-order chi connectivity index (χ1) is 13.7. The lowest BCUT2D eigenvalue weighted by Crippen LogP contribution is -2.52. The number of hydrogen-bond acceptors (Lipinski definition) is 7. The SMILES string of the molecule is CC(=O)OC(OC(C)=O)[C@@]12C=C[C@@H](O1)[C@H]1C(=O)N(c3cc(Cl)ccc3C)C(=O)[C@H]12. The van der Waals surface area contributed by atoms with Gasteiger partial charge in [-0.25, -0.2) is 4.90 Å². The molecule has 0 aromatic heterocycles. The molecule has 152 valence electrons. The molecule has 4 atom stereocenters. The molecule has 0 saturated carbocycles. The van der Waals surface area contributed by atoms with Crippen LogP contribution < -0.4 is 4.90 Å². The number of aryl methyl sites for hydroxylation is 1. The second-order valence-corrected chi connectivity index (χ2v) is 7.73. The minimum Gasteiger partial charge on any atom is -0.422 e. The van der Waals surface area contributed by atoms with Gasteiger partial charge in [0.1, 0.15) is 0 Å². The quantitative estimate of drug-likeness (QED) is 0.318. The number of nitrogens with zero attached hydrogens (tertiary/aromatic N) is 1. The minimum atomic E-state index is -1.57. The highest BCUT2D eigenvalue weighted by Crippen LogP contribution is 2.55. The molecule has 8 nitrogen and oxygen atoms in total. The van der Waals surface area contributed by atoms with Gasteiger partial charge in [-0.1, -0.05) is 23.7 Å². The fraction of sp³-hybridized carbons (Fsp3) is 0.400. The standard InChI is InChI=1S/C20H18ClNO7/c1-9-4-5-12(21)8-13(9)22-17(25)15-14-6-7-20(29-14,16(15)18(22)26)19(27-10(2)23)28-11(3)24/h4-8,14-16,19H,1-3H3/t14-,15-,16+,20+/m1/s1. The predicted octanol–water partition coefficient (Wildman–Crippen LogP) is 1.91. The highest BCUT2D eigenvalue weighted by molar-refractivity contribution is 6.31. The fourth-order valence-corrected chi connectivity index (χ4v) is 4.44. The molecule has 3 aliphatic rings. The summed E-state index contributed by atoms with van der Waals surface area (Å²) >= 11 is 6.07. The summed E-state index contributed by atoms with van der Waals surface area (Å²) in [4.78, 5) is 50.9. The number of halogens is 1. The fourth-order valence-electron chi connectivity index (χ4n) is 4.28. The van der Waals surface area contributed by atoms with Crippen LogP contribution in [0.25, 0.3) is 0 Å². The van der Waals surface area contributed by atoms with Crippen molar-refractivity contribution in [2.24, 2.45) is 11.8 Å². The first-order valence-electron chi connectivity index (χ1n) is 9.01. The Morgan fingerprint density at radius 3 is 2.45 bits per heavy atom. The average molecular weight is 420 g/mol. The van der Waals surface area contributed by atoms with E-state index >= 15 is 0 Å². The zero-order valence-corrected chi connectivity index (χ0v) is 16.6. The van der Waals surface area contributed by atoms with Crippen LogP contribution in [-0.4, -0.2) is 41.7 Å². The van der Waals surface area contributed by atoms with Gasteiger partial charge < -0.3 is 14.2 Å². The van der Waals surface area contributed by atoms with Crippen molar-refractivity contribution in [1.82, 2.24) is 0 Å². The van der Waals surface area contributed by atoms with Crippen molar-refractivity contribution in [2.75, 3.05) is 4.90 Å². The molecule has 0 aliphatic carbocycles. The van der Waals surface area contributed by atoms with E-state index in [1.54, 1.807) is 31.2 Å². The predicted molar refractivity (Wildman–Crippen MR) is 99.7 cm³/mol. The van der Waals surface area contributed by atoms with Crippen molar-refractivity contribution in [3.63, 3.8) is 0 Å². The Kier molecular flexibility index (Phi) is 4.51. The molecule has 2 amide bonds. The highest BCUT2D eigenvalue weighted by atomic mass is 35.5. The van der Waals surface area contributed by atoms with Crippen molar-refractivity contribution in [3.05, 3.63) is 40.9 Å². The van der Waals surface area contributed by atoms with Gasteiger partial charge in [0.15, 0.2) is 5.60 Å². The normalized spacial score (nSPS) is 29.6. The number of rotatable bonds is 4. The van der Waals surface area contributed by atoms with Crippen LogP contribution in [0.15, 0.2) is 30.4 Å². The van der Waals surface area contributed by atoms with Gasteiger partial charge >= 0.3 is 11.9 Å². The van der Waals surface area contributed by atoms with E-state index in [0.717, 1.165) is 18.7 Å². The van der Waals surface area contributed by atoms with Crippen LogP contribution in [0.1, 0.15) is 19.4 Å². The van der Waals surface area contributed by atoms with Crippen molar-refractivity contribution in [1.29, 1.82) is 0 Å². The molecule has 0 radical (unpaired) electrons. The van der Waals surface area contributed by atoms with Crippen LogP contribution in [0.4, 0.5) is 5.69 Å². The summed E-state index contributed by atoms with van der Waals surface area (Å²) in [6.07, 6.45) is 0.968. The third-order valence-electron chi connectivity index (χ3n) is 5.40. The summed E-state index contributed by atoms with van der Waals surface area (Å²) in [6, 6.07) is 4.93. The van der Waals surface area contributed by atoms with Crippen molar-refractivity contribution in [3.8, 4) is 0 Å². The largest absolute Gasteiger partial charge is 0.422 e. The van der Waals surface area contributed by atoms with Crippen LogP contribution >= 0.6 is 11.6 Å². The summed E-state index contributed by atoms with van der Waals surface area (Å²) in [7, 11) is 0. The molecule has 0 spiro atoms. The van der Waals surface area contributed by atoms with E-state index < -0.39 is 53.6 Å². The molecule has 4 rings (SSSR count). The molecule has 9 heteroatoms. The van der Waals surface area contributed by atoms with Crippen molar-refractivity contribution in [2.45, 2.75) is 38.8 Å². The van der Waals surface area contributed by atoms with E-state index in [9.17, 15) is 19.2 Å². The first kappa shape index (κ1) is 19.6. The number of carbonyl (C=O) groups is 4. The van der Waals surface area contributed by atoms with E-state index in [1.165, 1.54) is 6.08 Å². The molecule has 3 aliphatic heterocycles. The summed E-state index contributed by atoms with van der Waals surface area (Å²) < 4.78 is 16.3. The minimum absolute atomic E-state index is 0.382. The molecule has 0 N–H and O–H groups in total. The van der Waals surface area contributed by atoms with Gasteiger partial charge in [0.05, 0.1) is 23.6 Å². The van der Waals surface area contributed by atoms with E-state index in [-0.39, 0.29) is 0 Å². The average Bonchev–Trinajstić information content (AvgIpc) is 3.27. The number of imide groups is 1. The maximum atomic E-state index is 13.4. The summed E-state index contributed by atoms with van der Waals surface area (Å²) in [6.45, 7) is 4.07. The number of amides is 2. The van der Waals surface area contributed by atoms with Gasteiger partial charge in [0.25, 0.3) is 6.29 Å². The Labute approximate surface area is 171 Å². The van der Waals surface area contributed by atoms with Crippen LogP contribution in [0.3, 0.4) is 0 Å². The second kappa shape index (κ2) is 6.67. The van der Waals surface area contributed by atoms with Crippen molar-refractivity contribution >= 4 is 41.0 Å². The molecule has 1 aromatic rings. The zero-order valence-electron chi connectivity index (χ0n) is 15.9. The van der Waals surface area contributed by atoms with E-state index in [2.05, 4.69) is 0 Å². The smallest absolute Gasteiger partial charge is 0.305 e. The zero-order chi connectivity index (χ0) is 21.1. The molecular formula is C20H18ClNO7. The Bertz CT molecular complexity index is 958. The lowest BCUT2D eigenvalue weighted by atomic mass is 9.76. The Morgan fingerprint density at radius 2 is 1.83 bits per heavy atom. The van der Waals surface area contributed by atoms with Crippen LogP contribution in [0, 0.1) is 18.8 Å². The monoisotopic (exact) mass is 419 g/mol. The Morgan fingerprint density at radius 1 is 1.17 bits per heavy atom. The van der Waals surface area contributed by atoms with Gasteiger partial charge in [-0.15, -0.1) is 0 Å². The molecule has 3 heterocycles. The van der Waals surface area contributed by atoms with Crippen LogP contribution in [0.5, 0.6) is 0 Å². The van der Waals surface area contributed by atoms with Gasteiger partial charge in [0, 0.05) is 18.9 Å². The summed E-state index contributed by atoms with van der Waals surface area (Å²) in [5, 5.41) is 0.382. The number of ether oxygens (including phenoxy) is 3. The molecule has 0 unspecified atom stereocenters. The van der Waals surface area contributed by atoms with E-state index in [1.807, 2.05) is 0 Å². The van der Waals surface area contributed by atoms with E-state index in [4.69, 9.17) is 25.8 Å². The Balaban J connectivity index is 1.77. The van der Waals surface area contributed by atoms with Crippen LogP contribution in [0.2, 0.25) is 5.02 Å². The highest BCUT2D eigenvalue weighted by Gasteiger charge is 2.72. The molecular weight excluding hydrogens is 402 g/mol. The molecule has 2 saturated heterocycles. The first-order valence-corrected chi connectivity index (χ1v) is 9.39. The third kappa shape index (κ3) is 2.86. The molecule has 1 aromatic carbocycles. The van der Waals surface area contributed by atoms with Gasteiger partial charge in [-0.05, 0) is 30.7 Å². The number of esters is 2. The van der Waals surface area contributed by atoms with Gasteiger partial charge in [-0.3, -0.25) is 19.2 Å². The molecule has 2 fully saturated rings. The maximum Gasteiger partial charge on any atom is 0.305 e. The second-order valence-electron chi connectivity index (χ2n) is 7.29. The maximum absolute atomic E-state index is 13.4. The lowest BCUT2D eigenvalue weighted by molar-refractivity contribution is -0.226. The number of anilines is 1. The third-order valence-corrected chi connectivity index (χ3v) is 5.64. The van der Waals surface area contributed by atoms with Crippen LogP contribution in [-0.2, 0) is 33.4 Å². The Hall–Kier alpha value is -2.71. The lowest BCUT2D eigenvalue weighted by Gasteiger charge is -2.34. The number of benzene rings is 1. The number of hydrogen-bond donors (Lipinski definition) is 0. The number of fused-ring (bicyclic) bond motifs is 5.